The molecule has 2 aliphatic rings. The van der Waals surface area contributed by atoms with Crippen molar-refractivity contribution >= 4 is 29.9 Å². The summed E-state index contributed by atoms with van der Waals surface area (Å²) >= 11 is 0. The maximum absolute atomic E-state index is 5.46. The lowest BCUT2D eigenvalue weighted by molar-refractivity contribution is 0.0341. The Labute approximate surface area is 194 Å². The van der Waals surface area contributed by atoms with Crippen molar-refractivity contribution in [2.45, 2.75) is 19.6 Å². The highest BCUT2D eigenvalue weighted by atomic mass is 127. The first-order valence-electron chi connectivity index (χ1n) is 10.0. The van der Waals surface area contributed by atoms with Gasteiger partial charge in [0.05, 0.1) is 13.2 Å². The molecule has 30 heavy (non-hydrogen) atoms. The van der Waals surface area contributed by atoms with Gasteiger partial charge in [-0.2, -0.15) is 0 Å². The van der Waals surface area contributed by atoms with Gasteiger partial charge in [0, 0.05) is 39.8 Å². The van der Waals surface area contributed by atoms with E-state index in [1.807, 2.05) is 18.2 Å². The number of hydrogen-bond donors (Lipinski definition) is 2. The fourth-order valence-corrected chi connectivity index (χ4v) is 3.52. The topological polar surface area (TPSA) is 67.4 Å². The van der Waals surface area contributed by atoms with Crippen molar-refractivity contribution in [3.8, 4) is 11.5 Å². The predicted molar refractivity (Wildman–Crippen MR) is 128 cm³/mol. The van der Waals surface area contributed by atoms with E-state index in [1.54, 1.807) is 7.05 Å². The number of halogens is 1. The highest BCUT2D eigenvalue weighted by Crippen LogP contribution is 2.32. The zero-order chi connectivity index (χ0) is 19.9. The smallest absolute Gasteiger partial charge is 0.231 e. The van der Waals surface area contributed by atoms with Crippen molar-refractivity contribution in [1.29, 1.82) is 0 Å². The lowest BCUT2D eigenvalue weighted by atomic mass is 10.1. The standard InChI is InChI=1S/C22H28N4O3.HI/c1-23-22(24-13-17-6-7-20-21(12-17)29-16-28-20)25-14-18-4-2-3-5-19(18)15-26-8-10-27-11-9-26;/h2-7,12H,8-11,13-16H2,1H3,(H2,23,24,25);1H. The maximum atomic E-state index is 5.46. The number of morpholine rings is 1. The van der Waals surface area contributed by atoms with Crippen molar-refractivity contribution in [3.63, 3.8) is 0 Å². The third kappa shape index (κ3) is 5.99. The normalized spacial score (nSPS) is 16.1. The van der Waals surface area contributed by atoms with E-state index in [-0.39, 0.29) is 24.0 Å². The van der Waals surface area contributed by atoms with E-state index >= 15 is 0 Å². The first-order valence-corrected chi connectivity index (χ1v) is 10.0. The molecule has 2 heterocycles. The highest BCUT2D eigenvalue weighted by Gasteiger charge is 2.14. The van der Waals surface area contributed by atoms with E-state index in [9.17, 15) is 0 Å². The van der Waals surface area contributed by atoms with Crippen LogP contribution >= 0.6 is 24.0 Å². The van der Waals surface area contributed by atoms with Crippen LogP contribution in [-0.2, 0) is 24.4 Å². The van der Waals surface area contributed by atoms with E-state index < -0.39 is 0 Å². The Kier molecular flexibility index (Phi) is 8.59. The van der Waals surface area contributed by atoms with Crippen LogP contribution in [0.2, 0.25) is 0 Å². The lowest BCUT2D eigenvalue weighted by Crippen LogP contribution is -2.37. The molecule has 1 saturated heterocycles. The molecule has 2 aliphatic heterocycles. The van der Waals surface area contributed by atoms with Gasteiger partial charge in [-0.05, 0) is 28.8 Å². The van der Waals surface area contributed by atoms with Crippen molar-refractivity contribution < 1.29 is 14.2 Å². The SMILES string of the molecule is CN=C(NCc1ccc2c(c1)OCO2)NCc1ccccc1CN1CCOCC1.I. The molecule has 0 spiro atoms. The van der Waals surface area contributed by atoms with Gasteiger partial charge in [0.1, 0.15) is 0 Å². The van der Waals surface area contributed by atoms with Crippen molar-refractivity contribution in [2.24, 2.45) is 4.99 Å². The van der Waals surface area contributed by atoms with Crippen LogP contribution in [0, 0.1) is 0 Å². The Balaban J connectivity index is 0.00000256. The van der Waals surface area contributed by atoms with Crippen molar-refractivity contribution in [2.75, 3.05) is 40.1 Å². The summed E-state index contributed by atoms with van der Waals surface area (Å²) in [5, 5.41) is 6.79. The van der Waals surface area contributed by atoms with E-state index in [4.69, 9.17) is 14.2 Å². The predicted octanol–water partition coefficient (Wildman–Crippen LogP) is 2.73. The molecule has 2 N–H and O–H groups in total. The molecule has 0 aliphatic carbocycles. The summed E-state index contributed by atoms with van der Waals surface area (Å²) < 4.78 is 16.3. The molecule has 4 rings (SSSR count). The molecule has 0 amide bonds. The third-order valence-corrected chi connectivity index (χ3v) is 5.18. The summed E-state index contributed by atoms with van der Waals surface area (Å²) in [6.45, 7) is 6.23. The summed E-state index contributed by atoms with van der Waals surface area (Å²) in [7, 11) is 1.79. The van der Waals surface area contributed by atoms with Crippen LogP contribution in [0.25, 0.3) is 0 Å². The average Bonchev–Trinajstić information content (AvgIpc) is 3.23. The van der Waals surface area contributed by atoms with Gasteiger partial charge in [-0.25, -0.2) is 0 Å². The first kappa shape index (κ1) is 22.6. The van der Waals surface area contributed by atoms with E-state index in [0.29, 0.717) is 13.3 Å². The molecule has 0 atom stereocenters. The van der Waals surface area contributed by atoms with Gasteiger partial charge in [-0.3, -0.25) is 9.89 Å². The monoisotopic (exact) mass is 524 g/mol. The number of nitrogens with one attached hydrogen (secondary N) is 2. The average molecular weight is 524 g/mol. The fourth-order valence-electron chi connectivity index (χ4n) is 3.52. The van der Waals surface area contributed by atoms with Crippen LogP contribution in [0.1, 0.15) is 16.7 Å². The van der Waals surface area contributed by atoms with E-state index in [2.05, 4.69) is 44.8 Å². The van der Waals surface area contributed by atoms with Crippen LogP contribution < -0.4 is 20.1 Å². The number of rotatable bonds is 6. The molecule has 162 valence electrons. The van der Waals surface area contributed by atoms with E-state index in [0.717, 1.165) is 62.4 Å². The zero-order valence-corrected chi connectivity index (χ0v) is 19.6. The van der Waals surface area contributed by atoms with Crippen molar-refractivity contribution in [3.05, 3.63) is 59.2 Å². The second-order valence-electron chi connectivity index (χ2n) is 7.12. The summed E-state index contributed by atoms with van der Waals surface area (Å²) in [6.07, 6.45) is 0. The number of hydrogen-bond acceptors (Lipinski definition) is 5. The number of ether oxygens (including phenoxy) is 3. The number of benzene rings is 2. The molecule has 0 aromatic heterocycles. The second-order valence-corrected chi connectivity index (χ2v) is 7.12. The minimum Gasteiger partial charge on any atom is -0.454 e. The molecule has 0 radical (unpaired) electrons. The van der Waals surface area contributed by atoms with Gasteiger partial charge < -0.3 is 24.8 Å². The van der Waals surface area contributed by atoms with Crippen LogP contribution in [0.3, 0.4) is 0 Å². The minimum atomic E-state index is 0. The molecule has 0 bridgehead atoms. The third-order valence-electron chi connectivity index (χ3n) is 5.18. The minimum absolute atomic E-state index is 0. The van der Waals surface area contributed by atoms with Crippen LogP contribution in [0.4, 0.5) is 0 Å². The molecular formula is C22H29IN4O3. The Morgan fingerprint density at radius 1 is 0.967 bits per heavy atom. The molecule has 0 unspecified atom stereocenters. The second kappa shape index (κ2) is 11.4. The maximum Gasteiger partial charge on any atom is 0.231 e. The first-order chi connectivity index (χ1) is 14.3. The number of nitrogens with zero attached hydrogens (tertiary/aromatic N) is 2. The Morgan fingerprint density at radius 3 is 2.50 bits per heavy atom. The largest absolute Gasteiger partial charge is 0.454 e. The number of guanidine groups is 1. The van der Waals surface area contributed by atoms with Crippen molar-refractivity contribution in [1.82, 2.24) is 15.5 Å². The Hall–Kier alpha value is -2.04. The zero-order valence-electron chi connectivity index (χ0n) is 17.2. The molecule has 2 aromatic rings. The van der Waals surface area contributed by atoms with E-state index in [1.165, 1.54) is 11.1 Å². The van der Waals surface area contributed by atoms with Crippen LogP contribution in [-0.4, -0.2) is 51.0 Å². The number of fused-ring (bicyclic) bond motifs is 1. The Morgan fingerprint density at radius 2 is 1.70 bits per heavy atom. The Bertz CT molecular complexity index is 856. The highest BCUT2D eigenvalue weighted by molar-refractivity contribution is 14.0. The summed E-state index contributed by atoms with van der Waals surface area (Å²) in [5.41, 5.74) is 3.74. The summed E-state index contributed by atoms with van der Waals surface area (Å²) in [4.78, 5) is 6.79. The van der Waals surface area contributed by atoms with Gasteiger partial charge in [-0.1, -0.05) is 30.3 Å². The van der Waals surface area contributed by atoms with Gasteiger partial charge in [0.2, 0.25) is 6.79 Å². The lowest BCUT2D eigenvalue weighted by Gasteiger charge is -2.27. The van der Waals surface area contributed by atoms with Gasteiger partial charge >= 0.3 is 0 Å². The number of aliphatic imine (C=N–C) groups is 1. The fraction of sp³-hybridized carbons (Fsp3) is 0.409. The molecule has 2 aromatic carbocycles. The van der Waals surface area contributed by atoms with Crippen LogP contribution in [0.5, 0.6) is 11.5 Å². The molecule has 1 fully saturated rings. The summed E-state index contributed by atoms with van der Waals surface area (Å²) in [6, 6.07) is 14.5. The van der Waals surface area contributed by atoms with Gasteiger partial charge in [0.15, 0.2) is 17.5 Å². The van der Waals surface area contributed by atoms with Crippen LogP contribution in [0.15, 0.2) is 47.5 Å². The quantitative estimate of drug-likeness (QED) is 0.344. The molecule has 7 nitrogen and oxygen atoms in total. The molecular weight excluding hydrogens is 495 g/mol. The van der Waals surface area contributed by atoms with Gasteiger partial charge in [0.25, 0.3) is 0 Å². The molecule has 8 heteroatoms. The van der Waals surface area contributed by atoms with Gasteiger partial charge in [-0.15, -0.1) is 24.0 Å². The summed E-state index contributed by atoms with van der Waals surface area (Å²) in [5.74, 6) is 2.36. The molecule has 0 saturated carbocycles.